The van der Waals surface area contributed by atoms with E-state index in [1.165, 1.54) is 39.3 Å². The Morgan fingerprint density at radius 3 is 2.43 bits per heavy atom. The van der Waals surface area contributed by atoms with Gasteiger partial charge in [0, 0.05) is 98.2 Å². The maximum Gasteiger partial charge on any atom is 0.508 e. The molecule has 2 saturated heterocycles. The molecule has 1 aliphatic carbocycles. The van der Waals surface area contributed by atoms with E-state index < -0.39 is 77.8 Å². The van der Waals surface area contributed by atoms with E-state index in [0.717, 1.165) is 22.3 Å². The summed E-state index contributed by atoms with van der Waals surface area (Å²) >= 11 is 0. The number of aromatic amines is 1. The van der Waals surface area contributed by atoms with Gasteiger partial charge in [-0.2, -0.15) is 0 Å². The van der Waals surface area contributed by atoms with Crippen molar-refractivity contribution in [1.82, 2.24) is 39.9 Å². The van der Waals surface area contributed by atoms with Gasteiger partial charge >= 0.3 is 24.0 Å². The minimum absolute atomic E-state index is 0.0210. The quantitative estimate of drug-likeness (QED) is 0.0196. The minimum atomic E-state index is -0.982. The number of amides is 3. The number of nitrogens with zero attached hydrogens (tertiary/aromatic N) is 8. The first-order valence-electron chi connectivity index (χ1n) is 24.9. The number of aryl methyl sites for hydroxylation is 1. The van der Waals surface area contributed by atoms with Gasteiger partial charge in [-0.05, 0) is 61.5 Å². The lowest BCUT2D eigenvalue weighted by atomic mass is 10.0. The third kappa shape index (κ3) is 16.7. The Kier molecular flexibility index (Phi) is 20.6. The number of rotatable bonds is 22. The molecule has 4 N–H and O–H groups in total. The van der Waals surface area contributed by atoms with Crippen LogP contribution in [-0.2, 0) is 48.0 Å². The molecule has 408 valence electrons. The average molecular weight is 1090 g/mol. The van der Waals surface area contributed by atoms with Crippen molar-refractivity contribution < 1.29 is 48.0 Å². The van der Waals surface area contributed by atoms with E-state index in [1.54, 1.807) is 17.3 Å². The largest absolute Gasteiger partial charge is 0.508 e. The highest BCUT2D eigenvalue weighted by atomic mass is 33.1. The van der Waals surface area contributed by atoms with Gasteiger partial charge in [0.2, 0.25) is 5.91 Å². The number of fused-ring (bicyclic) bond motifs is 1. The third-order valence-electron chi connectivity index (χ3n) is 12.7. The highest BCUT2D eigenvalue weighted by Crippen LogP contribution is 2.32. The molecule has 76 heavy (non-hydrogen) atoms. The number of urea groups is 1. The van der Waals surface area contributed by atoms with Crippen LogP contribution < -0.4 is 21.9 Å². The number of carbonyl (C=O) groups excluding carboxylic acids is 4. The topological polar surface area (TPSA) is 285 Å². The number of hydrogen-bond acceptors (Lipinski definition) is 18. The molecule has 25 heteroatoms. The number of piperazine rings is 1. The number of nitrogens with one attached hydrogen (secondary N) is 3. The lowest BCUT2D eigenvalue weighted by molar-refractivity contribution is -0.131. The van der Waals surface area contributed by atoms with E-state index in [0.29, 0.717) is 44.1 Å². The van der Waals surface area contributed by atoms with Crippen LogP contribution in [0.15, 0.2) is 100 Å². The summed E-state index contributed by atoms with van der Waals surface area (Å²) in [5.41, 5.74) is 11.2. The number of ether oxygens (including phenoxy) is 5. The third-order valence-corrected chi connectivity index (χ3v) is 15.0. The van der Waals surface area contributed by atoms with Gasteiger partial charge in [-0.25, -0.2) is 19.2 Å². The molecule has 0 unspecified atom stereocenters. The first-order valence-corrected chi connectivity index (χ1v) is 27.4. The summed E-state index contributed by atoms with van der Waals surface area (Å²) < 4.78 is 29.1. The Morgan fingerprint density at radius 2 is 1.71 bits per heavy atom. The molecule has 7 rings (SSSR count). The fourth-order valence-corrected chi connectivity index (χ4v) is 10.8. The maximum atomic E-state index is 14.4. The molecule has 0 saturated carbocycles. The lowest BCUT2D eigenvalue weighted by Gasteiger charge is -2.43. The molecular formula is C51H65N11O12S2. The van der Waals surface area contributed by atoms with Crippen LogP contribution in [0.2, 0.25) is 0 Å². The van der Waals surface area contributed by atoms with Crippen LogP contribution in [0.3, 0.4) is 0 Å². The van der Waals surface area contributed by atoms with E-state index >= 15 is 0 Å². The summed E-state index contributed by atoms with van der Waals surface area (Å²) in [7, 11) is 2.72. The van der Waals surface area contributed by atoms with E-state index in [1.807, 2.05) is 92.4 Å². The molecule has 23 nitrogen and oxygen atoms in total. The first-order chi connectivity index (χ1) is 36.5. The fourth-order valence-electron chi connectivity index (χ4n) is 9.15. The predicted octanol–water partition coefficient (Wildman–Crippen LogP) is 5.23. The van der Waals surface area contributed by atoms with Gasteiger partial charge in [0.1, 0.15) is 44.3 Å². The molecule has 2 aliphatic heterocycles. The maximum absolute atomic E-state index is 14.4. The highest BCUT2D eigenvalue weighted by Gasteiger charge is 2.39. The summed E-state index contributed by atoms with van der Waals surface area (Å²) in [6.45, 7) is 9.03. The number of hydrogen-bond donors (Lipinski definition) is 4. The second kappa shape index (κ2) is 27.4. The standard InChI is InChI=1S/C51H65N11O12S2/c1-33-26-62(48(67)55-45(33)64)43-24-39(57-58-52)42(74-43)32-72-49(68)70-19-21-75-76-22-20-71-50(69)73-37(29-60-18-17-59(27-35-13-10-16-53-25-35)31-40(60)46(65)56-51(2,3)4)30-61(28-34-11-6-5-7-12-34)47(66)54-44-38-15-9-8-14-36(38)23-41(44)63/h5-16,25-26,37,39-44,63H,17-24,27-32H2,1-4H3,(H,54,66)(H,56,65)(H,55,64,67)/t37-,39-,40+,41-,42-,43-,44+/m1/s1. The summed E-state index contributed by atoms with van der Waals surface area (Å²) in [6, 6.07) is 18.3. The Labute approximate surface area is 447 Å². The summed E-state index contributed by atoms with van der Waals surface area (Å²) in [6.07, 6.45) is -0.168. The molecule has 2 fully saturated rings. The Morgan fingerprint density at radius 1 is 0.987 bits per heavy atom. The van der Waals surface area contributed by atoms with Crippen molar-refractivity contribution in [3.8, 4) is 0 Å². The monoisotopic (exact) mass is 1090 g/mol. The normalized spacial score (nSPS) is 20.9. The number of azide groups is 1. The average Bonchev–Trinajstić information content (AvgIpc) is 3.94. The van der Waals surface area contributed by atoms with Crippen LogP contribution >= 0.6 is 21.6 Å². The van der Waals surface area contributed by atoms with E-state index in [2.05, 4.69) is 35.5 Å². The molecule has 7 atom stereocenters. The van der Waals surface area contributed by atoms with Crippen molar-refractivity contribution in [3.63, 3.8) is 0 Å². The Hall–Kier alpha value is -6.60. The summed E-state index contributed by atoms with van der Waals surface area (Å²) in [5.74, 6) is 0.503. The fraction of sp³-hybridized carbons (Fsp3) is 0.510. The molecule has 0 spiro atoms. The van der Waals surface area contributed by atoms with Crippen molar-refractivity contribution in [2.24, 2.45) is 5.11 Å². The van der Waals surface area contributed by atoms with Crippen LogP contribution in [0.1, 0.15) is 67.3 Å². The summed E-state index contributed by atoms with van der Waals surface area (Å²) in [4.78, 5) is 93.9. The van der Waals surface area contributed by atoms with Gasteiger partial charge in [0.05, 0.1) is 24.7 Å². The van der Waals surface area contributed by atoms with E-state index in [4.69, 9.17) is 29.2 Å². The molecule has 2 aromatic heterocycles. The van der Waals surface area contributed by atoms with E-state index in [-0.39, 0.29) is 57.3 Å². The SMILES string of the molecule is Cc1cn([C@H]2C[C@@H](N=[N+]=[N-])[C@@H](COC(=O)OCCSSCCOC(=O)O[C@@H](CN(Cc3ccccc3)C(=O)N[C@H]3c4ccccc4C[C@H]3O)CN3CCN(Cc4cccnc4)C[C@H]3C(=O)NC(C)(C)C)O2)c(=O)[nH]c1=O. The van der Waals surface area contributed by atoms with Gasteiger partial charge in [-0.15, -0.1) is 0 Å². The molecule has 2 aromatic carbocycles. The second-order valence-corrected chi connectivity index (χ2v) is 22.3. The molecule has 3 amide bonds. The zero-order valence-corrected chi connectivity index (χ0v) is 44.5. The highest BCUT2D eigenvalue weighted by molar-refractivity contribution is 8.76. The smallest absolute Gasteiger partial charge is 0.433 e. The van der Waals surface area contributed by atoms with Gasteiger partial charge in [-0.3, -0.25) is 33.9 Å². The van der Waals surface area contributed by atoms with Gasteiger partial charge in [0.25, 0.3) is 5.56 Å². The predicted molar refractivity (Wildman–Crippen MR) is 283 cm³/mol. The van der Waals surface area contributed by atoms with Crippen LogP contribution in [-0.4, -0.2) is 159 Å². The minimum Gasteiger partial charge on any atom is -0.433 e. The number of pyridine rings is 1. The van der Waals surface area contributed by atoms with Crippen molar-refractivity contribution >= 4 is 45.8 Å². The van der Waals surface area contributed by atoms with Crippen molar-refractivity contribution in [1.29, 1.82) is 0 Å². The molecule has 0 radical (unpaired) electrons. The molecule has 3 aliphatic rings. The number of benzene rings is 2. The van der Waals surface area contributed by atoms with Crippen LogP contribution in [0.4, 0.5) is 14.4 Å². The van der Waals surface area contributed by atoms with Crippen molar-refractivity contribution in [2.75, 3.05) is 64.1 Å². The van der Waals surface area contributed by atoms with Gasteiger partial charge in [0.15, 0.2) is 0 Å². The Balaban J connectivity index is 0.946. The van der Waals surface area contributed by atoms with Crippen LogP contribution in [0.25, 0.3) is 10.4 Å². The first kappa shape index (κ1) is 57.1. The number of aliphatic hydroxyl groups excluding tert-OH is 1. The molecule has 0 bridgehead atoms. The van der Waals surface area contributed by atoms with Gasteiger partial charge in [-0.1, -0.05) is 87.4 Å². The van der Waals surface area contributed by atoms with Crippen LogP contribution in [0, 0.1) is 6.92 Å². The number of aromatic nitrogens is 3. The zero-order chi connectivity index (χ0) is 54.2. The molecular weight excluding hydrogens is 1020 g/mol. The van der Waals surface area contributed by atoms with E-state index in [9.17, 15) is 33.9 Å². The number of aliphatic hydroxyl groups is 1. The lowest BCUT2D eigenvalue weighted by Crippen LogP contribution is -2.62. The molecule has 4 aromatic rings. The Bertz CT molecular complexity index is 2760. The zero-order valence-electron chi connectivity index (χ0n) is 42.9. The summed E-state index contributed by atoms with van der Waals surface area (Å²) in [5, 5.41) is 21.0. The van der Waals surface area contributed by atoms with Gasteiger partial charge < -0.3 is 44.3 Å². The molecule has 4 heterocycles. The van der Waals surface area contributed by atoms with Crippen molar-refractivity contribution in [2.45, 2.75) is 102 Å². The van der Waals surface area contributed by atoms with Crippen LogP contribution in [0.5, 0.6) is 0 Å². The number of carbonyl (C=O) groups is 4. The van der Waals surface area contributed by atoms with Crippen molar-refractivity contribution in [3.05, 3.63) is 144 Å². The number of H-pyrrole nitrogens is 1. The second-order valence-electron chi connectivity index (χ2n) is 19.6.